The van der Waals surface area contributed by atoms with Gasteiger partial charge in [-0.3, -0.25) is 10.2 Å². The first-order valence-electron chi connectivity index (χ1n) is 8.76. The summed E-state index contributed by atoms with van der Waals surface area (Å²) >= 11 is 1.66. The first-order valence-corrected chi connectivity index (χ1v) is 9.58. The predicted octanol–water partition coefficient (Wildman–Crippen LogP) is 4.34. The van der Waals surface area contributed by atoms with E-state index < -0.39 is 5.41 Å². The first-order chi connectivity index (χ1) is 12.7. The molecule has 0 spiro atoms. The Labute approximate surface area is 163 Å². The fraction of sp³-hybridized carbons (Fsp3) is 0.381. The average Bonchev–Trinajstić information content (AvgIpc) is 3.06. The van der Waals surface area contributed by atoms with Gasteiger partial charge in [0.1, 0.15) is 11.6 Å². The van der Waals surface area contributed by atoms with E-state index in [2.05, 4.69) is 19.1 Å². The molecule has 0 aliphatic carbocycles. The summed E-state index contributed by atoms with van der Waals surface area (Å²) in [6.45, 7) is 6.06. The smallest absolute Gasteiger partial charge is 0.231 e. The number of nitrogens with one attached hydrogen (secondary N) is 1. The number of benzene rings is 1. The van der Waals surface area contributed by atoms with Gasteiger partial charge in [0.05, 0.1) is 18.7 Å². The minimum Gasteiger partial charge on any atom is -0.497 e. The minimum atomic E-state index is -0.411. The molecule has 0 unspecified atom stereocenters. The van der Waals surface area contributed by atoms with Crippen LogP contribution in [0.3, 0.4) is 0 Å². The second-order valence-electron chi connectivity index (χ2n) is 7.30. The predicted molar refractivity (Wildman–Crippen MR) is 107 cm³/mol. The highest BCUT2D eigenvalue weighted by Gasteiger charge is 2.46. The number of amidine groups is 1. The minimum absolute atomic E-state index is 0.0190. The van der Waals surface area contributed by atoms with Gasteiger partial charge in [-0.05, 0) is 42.3 Å². The van der Waals surface area contributed by atoms with Gasteiger partial charge in [-0.2, -0.15) is 5.26 Å². The van der Waals surface area contributed by atoms with Crippen LogP contribution in [0.5, 0.6) is 5.75 Å². The topological polar surface area (TPSA) is 77.2 Å². The number of carbonyl (C=O) groups is 1. The number of piperidine rings is 1. The SMILES string of the molecule is COc1cc(C#N)cc(-c2cc([C@@]3(C)CC(=N)N(C)C(=O)[C@@H]3C)sc2C)c1. The van der Waals surface area contributed by atoms with Crippen molar-refractivity contribution in [3.05, 3.63) is 39.6 Å². The number of aryl methyl sites for hydroxylation is 1. The molecular formula is C21H23N3O2S. The molecule has 2 aromatic rings. The largest absolute Gasteiger partial charge is 0.497 e. The molecule has 0 bridgehead atoms. The number of nitriles is 1. The Morgan fingerprint density at radius 1 is 1.37 bits per heavy atom. The highest BCUT2D eigenvalue weighted by Crippen LogP contribution is 2.46. The molecule has 0 saturated carbocycles. The summed E-state index contributed by atoms with van der Waals surface area (Å²) in [5.41, 5.74) is 2.10. The summed E-state index contributed by atoms with van der Waals surface area (Å²) in [4.78, 5) is 16.3. The number of carbonyl (C=O) groups excluding carboxylic acids is 1. The molecule has 1 N–H and O–H groups in total. The van der Waals surface area contributed by atoms with Crippen molar-refractivity contribution in [2.75, 3.05) is 14.2 Å². The molecule has 27 heavy (non-hydrogen) atoms. The Morgan fingerprint density at radius 3 is 2.70 bits per heavy atom. The number of hydrogen-bond acceptors (Lipinski definition) is 5. The molecule has 2 heterocycles. The highest BCUT2D eigenvalue weighted by molar-refractivity contribution is 7.12. The van der Waals surface area contributed by atoms with E-state index in [-0.39, 0.29) is 11.8 Å². The lowest BCUT2D eigenvalue weighted by Crippen LogP contribution is -2.52. The van der Waals surface area contributed by atoms with E-state index in [4.69, 9.17) is 10.1 Å². The van der Waals surface area contributed by atoms with Crippen LogP contribution >= 0.6 is 11.3 Å². The van der Waals surface area contributed by atoms with Gasteiger partial charge in [0, 0.05) is 34.6 Å². The van der Waals surface area contributed by atoms with Crippen molar-refractivity contribution in [1.29, 1.82) is 10.7 Å². The summed E-state index contributed by atoms with van der Waals surface area (Å²) in [7, 11) is 3.26. The van der Waals surface area contributed by atoms with Crippen LogP contribution in [0.4, 0.5) is 0 Å². The Morgan fingerprint density at radius 2 is 2.07 bits per heavy atom. The van der Waals surface area contributed by atoms with Crippen LogP contribution in [0, 0.1) is 29.6 Å². The Bertz CT molecular complexity index is 972. The number of methoxy groups -OCH3 is 1. The zero-order valence-corrected chi connectivity index (χ0v) is 17.0. The third-order valence-corrected chi connectivity index (χ3v) is 6.99. The van der Waals surface area contributed by atoms with Gasteiger partial charge in [-0.15, -0.1) is 11.3 Å². The normalized spacial score (nSPS) is 22.7. The number of rotatable bonds is 3. The molecule has 140 valence electrons. The van der Waals surface area contributed by atoms with Gasteiger partial charge in [-0.1, -0.05) is 13.8 Å². The molecule has 2 atom stereocenters. The Kier molecular flexibility index (Phi) is 4.83. The van der Waals surface area contributed by atoms with Crippen LogP contribution in [0.2, 0.25) is 0 Å². The lowest BCUT2D eigenvalue weighted by Gasteiger charge is -2.42. The maximum atomic E-state index is 12.6. The molecule has 3 rings (SSSR count). The zero-order valence-electron chi connectivity index (χ0n) is 16.2. The van der Waals surface area contributed by atoms with E-state index in [0.29, 0.717) is 23.6 Å². The van der Waals surface area contributed by atoms with Crippen molar-refractivity contribution in [1.82, 2.24) is 4.90 Å². The van der Waals surface area contributed by atoms with Crippen molar-refractivity contribution >= 4 is 23.1 Å². The summed E-state index contributed by atoms with van der Waals surface area (Å²) in [5.74, 6) is 0.769. The molecule has 1 aromatic carbocycles. The summed E-state index contributed by atoms with van der Waals surface area (Å²) in [6, 6.07) is 9.78. The van der Waals surface area contributed by atoms with E-state index in [0.717, 1.165) is 20.9 Å². The molecule has 1 saturated heterocycles. The number of thiophene rings is 1. The molecule has 1 amide bonds. The zero-order chi connectivity index (χ0) is 19.9. The summed E-state index contributed by atoms with van der Waals surface area (Å²) in [5, 5.41) is 17.5. The van der Waals surface area contributed by atoms with Crippen molar-refractivity contribution in [3.63, 3.8) is 0 Å². The third-order valence-electron chi connectivity index (χ3n) is 5.66. The van der Waals surface area contributed by atoms with Gasteiger partial charge in [0.2, 0.25) is 5.91 Å². The van der Waals surface area contributed by atoms with Crippen LogP contribution in [-0.4, -0.2) is 30.8 Å². The molecule has 1 aliphatic heterocycles. The van der Waals surface area contributed by atoms with Crippen LogP contribution in [0.15, 0.2) is 24.3 Å². The van der Waals surface area contributed by atoms with E-state index in [1.807, 2.05) is 26.0 Å². The number of ether oxygens (including phenoxy) is 1. The Balaban J connectivity index is 2.09. The van der Waals surface area contributed by atoms with Gasteiger partial charge >= 0.3 is 0 Å². The summed E-state index contributed by atoms with van der Waals surface area (Å²) < 4.78 is 5.33. The first kappa shape index (κ1) is 19.1. The van der Waals surface area contributed by atoms with Gasteiger partial charge < -0.3 is 9.64 Å². The Hall–Kier alpha value is -2.65. The second-order valence-corrected chi connectivity index (χ2v) is 8.56. The van der Waals surface area contributed by atoms with Gasteiger partial charge in [0.25, 0.3) is 0 Å². The molecule has 1 fully saturated rings. The fourth-order valence-electron chi connectivity index (χ4n) is 3.60. The van der Waals surface area contributed by atoms with Crippen molar-refractivity contribution in [2.24, 2.45) is 5.92 Å². The van der Waals surface area contributed by atoms with E-state index in [1.165, 1.54) is 4.90 Å². The molecule has 5 nitrogen and oxygen atoms in total. The van der Waals surface area contributed by atoms with Crippen molar-refractivity contribution in [3.8, 4) is 22.9 Å². The number of likely N-dealkylation sites (tertiary alicyclic amines) is 1. The molecular weight excluding hydrogens is 358 g/mol. The lowest BCUT2D eigenvalue weighted by molar-refractivity contribution is -0.133. The highest BCUT2D eigenvalue weighted by atomic mass is 32.1. The fourth-order valence-corrected chi connectivity index (χ4v) is 4.88. The lowest BCUT2D eigenvalue weighted by atomic mass is 9.70. The summed E-state index contributed by atoms with van der Waals surface area (Å²) in [6.07, 6.45) is 0.525. The monoisotopic (exact) mass is 381 g/mol. The molecule has 1 aromatic heterocycles. The van der Waals surface area contributed by atoms with Crippen LogP contribution < -0.4 is 4.74 Å². The van der Waals surface area contributed by atoms with E-state index in [9.17, 15) is 10.1 Å². The van der Waals surface area contributed by atoms with Crippen LogP contribution in [0.25, 0.3) is 11.1 Å². The van der Waals surface area contributed by atoms with Crippen LogP contribution in [-0.2, 0) is 10.2 Å². The maximum Gasteiger partial charge on any atom is 0.231 e. The average molecular weight is 382 g/mol. The van der Waals surface area contributed by atoms with Crippen molar-refractivity contribution in [2.45, 2.75) is 32.6 Å². The maximum absolute atomic E-state index is 12.6. The second kappa shape index (κ2) is 6.82. The standard InChI is InChI=1S/C21H23N3O2S/c1-12-20(25)24(4)19(23)10-21(12,3)18-9-17(13(2)27-18)15-6-14(11-22)7-16(8-15)26-5/h6-9,12,23H,10H2,1-5H3/t12-,21-/m0/s1. The molecule has 0 radical (unpaired) electrons. The number of hydrogen-bond donors (Lipinski definition) is 1. The third kappa shape index (κ3) is 3.13. The molecule has 6 heteroatoms. The van der Waals surface area contributed by atoms with Crippen LogP contribution in [0.1, 0.15) is 35.6 Å². The van der Waals surface area contributed by atoms with E-state index >= 15 is 0 Å². The van der Waals surface area contributed by atoms with E-state index in [1.54, 1.807) is 31.6 Å². The van der Waals surface area contributed by atoms with Crippen molar-refractivity contribution < 1.29 is 9.53 Å². The number of nitrogens with zero attached hydrogens (tertiary/aromatic N) is 2. The quantitative estimate of drug-likeness (QED) is 0.859. The molecule has 1 aliphatic rings. The van der Waals surface area contributed by atoms with Gasteiger partial charge in [-0.25, -0.2) is 0 Å². The van der Waals surface area contributed by atoms with Gasteiger partial charge in [0.15, 0.2) is 0 Å². The number of amides is 1.